The molecule has 0 aliphatic heterocycles. The largest absolute Gasteiger partial charge is 0.369 e. The average molecular weight is 548 g/mol. The van der Waals surface area contributed by atoms with E-state index < -0.39 is 27.8 Å². The normalized spacial score (nSPS) is 11.5. The number of halogens is 1. The maximum Gasteiger partial charge on any atom is 0.285 e. The molecule has 12 heteroatoms. The highest BCUT2D eigenvalue weighted by Gasteiger charge is 2.17. The van der Waals surface area contributed by atoms with Crippen molar-refractivity contribution in [2.45, 2.75) is 4.90 Å². The number of nitrogens with one attached hydrogen (secondary N) is 2. The van der Waals surface area contributed by atoms with Crippen LogP contribution in [-0.2, 0) is 14.8 Å². The number of sulfonamides is 1. The molecule has 2 amide bonds. The minimum atomic E-state index is -4.05. The number of nitrogens with zero attached hydrogens (tertiary/aromatic N) is 1. The van der Waals surface area contributed by atoms with Crippen molar-refractivity contribution >= 4 is 66.8 Å². The number of hydrogen-bond donors (Lipinski definition) is 4. The Balaban J connectivity index is 1.84. The van der Waals surface area contributed by atoms with E-state index in [1.165, 1.54) is 41.7 Å². The number of amides is 2. The quantitative estimate of drug-likeness (QED) is 0.202. The van der Waals surface area contributed by atoms with Gasteiger partial charge in [-0.2, -0.15) is 8.42 Å². The lowest BCUT2D eigenvalue weighted by atomic mass is 10.2. The van der Waals surface area contributed by atoms with Crippen LogP contribution in [0.15, 0.2) is 85.5 Å². The highest BCUT2D eigenvalue weighted by atomic mass is 79.9. The van der Waals surface area contributed by atoms with Gasteiger partial charge in [-0.25, -0.2) is 0 Å². The molecule has 3 aromatic rings. The maximum atomic E-state index is 12.9. The van der Waals surface area contributed by atoms with Crippen molar-refractivity contribution in [2.24, 2.45) is 15.9 Å². The molecule has 0 unspecified atom stereocenters. The van der Waals surface area contributed by atoms with Crippen LogP contribution >= 0.6 is 27.3 Å². The molecule has 0 aliphatic carbocycles. The maximum absolute atomic E-state index is 12.9. The van der Waals surface area contributed by atoms with Crippen LogP contribution in [0, 0.1) is 0 Å². The monoisotopic (exact) mass is 547 g/mol. The lowest BCUT2D eigenvalue weighted by molar-refractivity contribution is -0.113. The zero-order valence-electron chi connectivity index (χ0n) is 16.9. The molecule has 33 heavy (non-hydrogen) atoms. The summed E-state index contributed by atoms with van der Waals surface area (Å²) in [5, 5.41) is 7.02. The van der Waals surface area contributed by atoms with E-state index >= 15 is 0 Å². The van der Waals surface area contributed by atoms with E-state index in [9.17, 15) is 18.0 Å². The summed E-state index contributed by atoms with van der Waals surface area (Å²) in [5.74, 6) is -1.61. The summed E-state index contributed by atoms with van der Waals surface area (Å²) in [6, 6.07) is 15.8. The van der Waals surface area contributed by atoms with Crippen molar-refractivity contribution in [3.8, 4) is 0 Å². The van der Waals surface area contributed by atoms with Gasteiger partial charge in [0.05, 0.1) is 9.77 Å². The zero-order valence-corrected chi connectivity index (χ0v) is 20.1. The van der Waals surface area contributed by atoms with Crippen LogP contribution in [-0.4, -0.2) is 26.2 Å². The SMILES string of the molecule is NC(N)=NS(=O)(=O)c1ccc(NC(=O)C(=Cc2ccc(Br)cc2)NC(=O)c2cccs2)cc1. The number of anilines is 1. The number of rotatable bonds is 7. The number of carbonyl (C=O) groups excluding carboxylic acids is 2. The zero-order chi connectivity index (χ0) is 24.0. The third kappa shape index (κ3) is 6.75. The van der Waals surface area contributed by atoms with Crippen molar-refractivity contribution < 1.29 is 18.0 Å². The lowest BCUT2D eigenvalue weighted by Crippen LogP contribution is -2.30. The van der Waals surface area contributed by atoms with E-state index in [-0.39, 0.29) is 10.6 Å². The van der Waals surface area contributed by atoms with Gasteiger partial charge in [0.15, 0.2) is 0 Å². The Labute approximate surface area is 202 Å². The van der Waals surface area contributed by atoms with Gasteiger partial charge in [0.1, 0.15) is 5.70 Å². The van der Waals surface area contributed by atoms with Crippen molar-refractivity contribution in [2.75, 3.05) is 5.32 Å². The fourth-order valence-electron chi connectivity index (χ4n) is 2.58. The molecule has 1 aromatic heterocycles. The smallest absolute Gasteiger partial charge is 0.285 e. The summed E-state index contributed by atoms with van der Waals surface area (Å²) in [5.41, 5.74) is 11.3. The Bertz CT molecular complexity index is 1310. The Morgan fingerprint density at radius 3 is 2.24 bits per heavy atom. The first-order valence-corrected chi connectivity index (χ1v) is 12.3. The van der Waals surface area contributed by atoms with E-state index in [0.717, 1.165) is 4.47 Å². The first kappa shape index (κ1) is 24.2. The average Bonchev–Trinajstić information content (AvgIpc) is 3.29. The van der Waals surface area contributed by atoms with E-state index in [0.29, 0.717) is 16.1 Å². The summed E-state index contributed by atoms with van der Waals surface area (Å²) in [6.07, 6.45) is 1.53. The molecule has 0 radical (unpaired) electrons. The second-order valence-electron chi connectivity index (χ2n) is 6.51. The van der Waals surface area contributed by atoms with Crippen LogP contribution in [0.5, 0.6) is 0 Å². The standard InChI is InChI=1S/C21H18BrN5O4S2/c22-14-5-3-13(4-6-14)12-17(26-20(29)18-2-1-11-32-18)19(28)25-15-7-9-16(10-8-15)33(30,31)27-21(23)24/h1-12H,(H,25,28)(H,26,29)(H4,23,24,27). The number of nitrogens with two attached hydrogens (primary N) is 2. The van der Waals surface area contributed by atoms with Crippen LogP contribution in [0.3, 0.4) is 0 Å². The first-order valence-electron chi connectivity index (χ1n) is 9.23. The van der Waals surface area contributed by atoms with Gasteiger partial charge in [-0.15, -0.1) is 15.7 Å². The molecule has 0 saturated carbocycles. The minimum absolute atomic E-state index is 0.00734. The van der Waals surface area contributed by atoms with Gasteiger partial charge in [0, 0.05) is 10.2 Å². The molecule has 0 aliphatic rings. The van der Waals surface area contributed by atoms with Crippen molar-refractivity contribution in [1.82, 2.24) is 5.32 Å². The van der Waals surface area contributed by atoms with E-state index in [1.807, 2.05) is 0 Å². The van der Waals surface area contributed by atoms with Crippen molar-refractivity contribution in [1.29, 1.82) is 0 Å². The fraction of sp³-hybridized carbons (Fsp3) is 0. The third-order valence-corrected chi connectivity index (χ3v) is 6.77. The molecular formula is C21H18BrN5O4S2. The van der Waals surface area contributed by atoms with E-state index in [1.54, 1.807) is 41.8 Å². The van der Waals surface area contributed by atoms with Gasteiger partial charge in [-0.3, -0.25) is 9.59 Å². The van der Waals surface area contributed by atoms with E-state index in [4.69, 9.17) is 11.5 Å². The Hall–Kier alpha value is -3.48. The lowest BCUT2D eigenvalue weighted by Gasteiger charge is -2.11. The van der Waals surface area contributed by atoms with Gasteiger partial charge in [-0.05, 0) is 59.5 Å². The number of thiophene rings is 1. The van der Waals surface area contributed by atoms with Gasteiger partial charge in [0.2, 0.25) is 5.96 Å². The summed E-state index contributed by atoms with van der Waals surface area (Å²) < 4.78 is 28.2. The highest BCUT2D eigenvalue weighted by molar-refractivity contribution is 9.10. The first-order chi connectivity index (χ1) is 15.6. The number of guanidine groups is 1. The molecule has 6 N–H and O–H groups in total. The minimum Gasteiger partial charge on any atom is -0.369 e. The van der Waals surface area contributed by atoms with Gasteiger partial charge in [0.25, 0.3) is 21.8 Å². The number of carbonyl (C=O) groups is 2. The van der Waals surface area contributed by atoms with Crippen molar-refractivity contribution in [3.63, 3.8) is 0 Å². The number of hydrogen-bond acceptors (Lipinski definition) is 5. The van der Waals surface area contributed by atoms with Gasteiger partial charge in [-0.1, -0.05) is 34.1 Å². The molecule has 0 spiro atoms. The topological polar surface area (TPSA) is 157 Å². The molecule has 170 valence electrons. The van der Waals surface area contributed by atoms with Crippen molar-refractivity contribution in [3.05, 3.63) is 86.7 Å². The molecule has 3 rings (SSSR count). The van der Waals surface area contributed by atoms with Crippen LogP contribution in [0.4, 0.5) is 5.69 Å². The van der Waals surface area contributed by atoms with Gasteiger partial charge >= 0.3 is 0 Å². The van der Waals surface area contributed by atoms with Crippen LogP contribution in [0.2, 0.25) is 0 Å². The molecule has 1 heterocycles. The molecule has 0 bridgehead atoms. The second kappa shape index (κ2) is 10.4. The van der Waals surface area contributed by atoms with E-state index in [2.05, 4.69) is 31.0 Å². The summed E-state index contributed by atoms with van der Waals surface area (Å²) in [4.78, 5) is 25.8. The fourth-order valence-corrected chi connectivity index (χ4v) is 4.32. The molecular weight excluding hydrogens is 530 g/mol. The van der Waals surface area contributed by atoms with Crippen LogP contribution in [0.25, 0.3) is 6.08 Å². The molecule has 9 nitrogen and oxygen atoms in total. The highest BCUT2D eigenvalue weighted by Crippen LogP contribution is 2.18. The molecule has 0 saturated heterocycles. The Morgan fingerprint density at radius 1 is 1.00 bits per heavy atom. The third-order valence-electron chi connectivity index (χ3n) is 4.05. The number of benzene rings is 2. The Kier molecular flexibility index (Phi) is 7.63. The van der Waals surface area contributed by atoms with Crippen LogP contribution in [0.1, 0.15) is 15.2 Å². The second-order valence-corrected chi connectivity index (χ2v) is 9.98. The molecule has 0 atom stereocenters. The summed E-state index contributed by atoms with van der Waals surface area (Å²) in [7, 11) is -4.05. The predicted octanol–water partition coefficient (Wildman–Crippen LogP) is 2.88. The Morgan fingerprint density at radius 2 is 1.67 bits per heavy atom. The summed E-state index contributed by atoms with van der Waals surface area (Å²) in [6.45, 7) is 0. The predicted molar refractivity (Wildman–Crippen MR) is 132 cm³/mol. The molecule has 2 aromatic carbocycles. The summed E-state index contributed by atoms with van der Waals surface area (Å²) >= 11 is 4.59. The van der Waals surface area contributed by atoms with Gasteiger partial charge < -0.3 is 22.1 Å². The molecule has 0 fully saturated rings. The van der Waals surface area contributed by atoms with Crippen LogP contribution < -0.4 is 22.1 Å².